The lowest BCUT2D eigenvalue weighted by Crippen LogP contribution is -2.28. The number of benzene rings is 1. The molecule has 0 atom stereocenters. The Morgan fingerprint density at radius 1 is 1.35 bits per heavy atom. The Morgan fingerprint density at radius 3 is 2.88 bits per heavy atom. The van der Waals surface area contributed by atoms with Crippen LogP contribution in [0.2, 0.25) is 5.02 Å². The van der Waals surface area contributed by atoms with Gasteiger partial charge in [-0.2, -0.15) is 0 Å². The molecule has 17 heavy (non-hydrogen) atoms. The predicted molar refractivity (Wildman–Crippen MR) is 70.7 cm³/mol. The zero-order chi connectivity index (χ0) is 12.1. The highest BCUT2D eigenvalue weighted by Crippen LogP contribution is 2.22. The van der Waals surface area contributed by atoms with Gasteiger partial charge in [0.05, 0.1) is 7.11 Å². The van der Waals surface area contributed by atoms with Crippen LogP contribution in [0.15, 0.2) is 18.2 Å². The van der Waals surface area contributed by atoms with Gasteiger partial charge in [-0.25, -0.2) is 0 Å². The normalized spacial score (nSPS) is 14.9. The minimum absolute atomic E-state index is 0.749. The lowest BCUT2D eigenvalue weighted by atomic mass is 10.2. The highest BCUT2D eigenvalue weighted by atomic mass is 35.5. The second-order valence-corrected chi connectivity index (χ2v) is 4.80. The van der Waals surface area contributed by atoms with Crippen LogP contribution in [-0.4, -0.2) is 26.2 Å². The van der Waals surface area contributed by atoms with E-state index in [1.807, 2.05) is 18.2 Å². The molecule has 1 aliphatic rings. The lowest BCUT2D eigenvalue weighted by molar-refractivity contribution is 0.407. The van der Waals surface area contributed by atoms with Gasteiger partial charge in [0.2, 0.25) is 0 Å². The van der Waals surface area contributed by atoms with Crippen LogP contribution in [0, 0.1) is 0 Å². The van der Waals surface area contributed by atoms with Crippen molar-refractivity contribution >= 4 is 11.6 Å². The van der Waals surface area contributed by atoms with Crippen LogP contribution in [-0.2, 0) is 6.54 Å². The van der Waals surface area contributed by atoms with Gasteiger partial charge in [0.15, 0.2) is 0 Å². The number of hydrogen-bond donors (Lipinski definition) is 2. The van der Waals surface area contributed by atoms with Gasteiger partial charge in [-0.3, -0.25) is 0 Å². The highest BCUT2D eigenvalue weighted by Gasteiger charge is 2.19. The van der Waals surface area contributed by atoms with E-state index in [-0.39, 0.29) is 0 Å². The Labute approximate surface area is 107 Å². The summed E-state index contributed by atoms with van der Waals surface area (Å²) in [5.74, 6) is 0.886. The number of methoxy groups -OCH3 is 1. The van der Waals surface area contributed by atoms with E-state index < -0.39 is 0 Å². The summed E-state index contributed by atoms with van der Waals surface area (Å²) >= 11 is 5.97. The summed E-state index contributed by atoms with van der Waals surface area (Å²) in [6.07, 6.45) is 2.67. The van der Waals surface area contributed by atoms with E-state index in [2.05, 4.69) is 10.6 Å². The van der Waals surface area contributed by atoms with Crippen molar-refractivity contribution in [3.05, 3.63) is 28.8 Å². The maximum Gasteiger partial charge on any atom is 0.123 e. The van der Waals surface area contributed by atoms with Gasteiger partial charge in [0, 0.05) is 36.3 Å². The molecule has 0 aromatic heterocycles. The lowest BCUT2D eigenvalue weighted by Gasteiger charge is -2.10. The first-order valence-electron chi connectivity index (χ1n) is 6.06. The maximum atomic E-state index is 5.97. The molecule has 0 spiro atoms. The third-order valence-electron chi connectivity index (χ3n) is 2.87. The number of halogens is 1. The van der Waals surface area contributed by atoms with Crippen molar-refractivity contribution < 1.29 is 4.74 Å². The molecule has 0 unspecified atom stereocenters. The van der Waals surface area contributed by atoms with Gasteiger partial charge >= 0.3 is 0 Å². The molecule has 0 amide bonds. The Bertz CT molecular complexity index is 366. The Balaban J connectivity index is 1.74. The van der Waals surface area contributed by atoms with Crippen LogP contribution in [0.25, 0.3) is 0 Å². The Kier molecular flexibility index (Phi) is 4.66. The zero-order valence-corrected chi connectivity index (χ0v) is 10.9. The third-order valence-corrected chi connectivity index (χ3v) is 3.11. The molecule has 1 aliphatic carbocycles. The summed E-state index contributed by atoms with van der Waals surface area (Å²) in [4.78, 5) is 0. The van der Waals surface area contributed by atoms with Crippen LogP contribution < -0.4 is 15.4 Å². The second-order valence-electron chi connectivity index (χ2n) is 4.36. The molecule has 1 saturated carbocycles. The monoisotopic (exact) mass is 254 g/mol. The molecule has 0 aliphatic heterocycles. The van der Waals surface area contributed by atoms with Crippen LogP contribution in [0.3, 0.4) is 0 Å². The van der Waals surface area contributed by atoms with Crippen LogP contribution >= 0.6 is 11.6 Å². The topological polar surface area (TPSA) is 33.3 Å². The molecular formula is C13H19ClN2O. The van der Waals surface area contributed by atoms with Crippen LogP contribution in [0.4, 0.5) is 0 Å². The molecule has 1 aromatic rings. The summed E-state index contributed by atoms with van der Waals surface area (Å²) in [6.45, 7) is 2.77. The van der Waals surface area contributed by atoms with E-state index >= 15 is 0 Å². The summed E-state index contributed by atoms with van der Waals surface area (Å²) in [7, 11) is 1.68. The summed E-state index contributed by atoms with van der Waals surface area (Å²) in [5.41, 5.74) is 1.10. The second kappa shape index (κ2) is 6.24. The van der Waals surface area contributed by atoms with Gasteiger partial charge in [-0.15, -0.1) is 0 Å². The summed E-state index contributed by atoms with van der Waals surface area (Å²) in [6, 6.07) is 6.47. The first-order valence-corrected chi connectivity index (χ1v) is 6.44. The molecule has 1 fully saturated rings. The van der Waals surface area contributed by atoms with Crippen molar-refractivity contribution in [1.82, 2.24) is 10.6 Å². The maximum absolute atomic E-state index is 5.97. The van der Waals surface area contributed by atoms with Crippen LogP contribution in [0.5, 0.6) is 5.75 Å². The molecule has 94 valence electrons. The van der Waals surface area contributed by atoms with Gasteiger partial charge < -0.3 is 15.4 Å². The highest BCUT2D eigenvalue weighted by molar-refractivity contribution is 6.30. The molecule has 2 N–H and O–H groups in total. The Morgan fingerprint density at radius 2 is 2.18 bits per heavy atom. The fourth-order valence-electron chi connectivity index (χ4n) is 1.76. The molecule has 1 aromatic carbocycles. The van der Waals surface area contributed by atoms with E-state index in [0.29, 0.717) is 0 Å². The van der Waals surface area contributed by atoms with Gasteiger partial charge in [-0.05, 0) is 31.0 Å². The van der Waals surface area contributed by atoms with Gasteiger partial charge in [0.25, 0.3) is 0 Å². The minimum Gasteiger partial charge on any atom is -0.496 e. The molecule has 0 radical (unpaired) electrons. The number of nitrogens with one attached hydrogen (secondary N) is 2. The van der Waals surface area contributed by atoms with E-state index in [4.69, 9.17) is 16.3 Å². The predicted octanol–water partition coefficient (Wildman–Crippen LogP) is 2.19. The summed E-state index contributed by atoms with van der Waals surface area (Å²) < 4.78 is 5.29. The van der Waals surface area contributed by atoms with Crippen molar-refractivity contribution in [2.45, 2.75) is 25.4 Å². The minimum atomic E-state index is 0.749. The van der Waals surface area contributed by atoms with E-state index in [0.717, 1.165) is 42.0 Å². The first-order chi connectivity index (χ1) is 8.29. The average Bonchev–Trinajstić information content (AvgIpc) is 3.13. The fraction of sp³-hybridized carbons (Fsp3) is 0.538. The largest absolute Gasteiger partial charge is 0.496 e. The first kappa shape index (κ1) is 12.7. The smallest absolute Gasteiger partial charge is 0.123 e. The number of ether oxygens (including phenoxy) is 1. The van der Waals surface area contributed by atoms with Gasteiger partial charge in [-0.1, -0.05) is 11.6 Å². The molecule has 0 saturated heterocycles. The van der Waals surface area contributed by atoms with Gasteiger partial charge in [0.1, 0.15) is 5.75 Å². The third kappa shape index (κ3) is 4.19. The van der Waals surface area contributed by atoms with Crippen molar-refractivity contribution in [3.8, 4) is 5.75 Å². The zero-order valence-electron chi connectivity index (χ0n) is 10.1. The van der Waals surface area contributed by atoms with E-state index in [1.54, 1.807) is 7.11 Å². The summed E-state index contributed by atoms with van der Waals surface area (Å²) in [5, 5.41) is 7.60. The quantitative estimate of drug-likeness (QED) is 0.732. The van der Waals surface area contributed by atoms with E-state index in [1.165, 1.54) is 12.8 Å². The average molecular weight is 255 g/mol. The van der Waals surface area contributed by atoms with Crippen molar-refractivity contribution in [3.63, 3.8) is 0 Å². The number of rotatable bonds is 7. The van der Waals surface area contributed by atoms with Crippen LogP contribution in [0.1, 0.15) is 18.4 Å². The molecule has 4 heteroatoms. The molecule has 3 nitrogen and oxygen atoms in total. The molecule has 0 heterocycles. The molecule has 2 rings (SSSR count). The molecule has 0 bridgehead atoms. The van der Waals surface area contributed by atoms with E-state index in [9.17, 15) is 0 Å². The molecular weight excluding hydrogens is 236 g/mol. The number of hydrogen-bond acceptors (Lipinski definition) is 3. The van der Waals surface area contributed by atoms with Crippen molar-refractivity contribution in [2.24, 2.45) is 0 Å². The fourth-order valence-corrected chi connectivity index (χ4v) is 1.96. The SMILES string of the molecule is COc1ccc(Cl)cc1CNCCNC1CC1. The van der Waals surface area contributed by atoms with Crippen molar-refractivity contribution in [1.29, 1.82) is 0 Å². The van der Waals surface area contributed by atoms with Crippen molar-refractivity contribution in [2.75, 3.05) is 20.2 Å². The Hall–Kier alpha value is -0.770. The standard InChI is InChI=1S/C13H19ClN2O/c1-17-13-5-2-11(14)8-10(13)9-15-6-7-16-12-3-4-12/h2,5,8,12,15-16H,3-4,6-7,9H2,1H3.